The van der Waals surface area contributed by atoms with Gasteiger partial charge in [-0.1, -0.05) is 41.9 Å². The van der Waals surface area contributed by atoms with E-state index in [1.54, 1.807) is 29.2 Å². The van der Waals surface area contributed by atoms with E-state index in [1.165, 1.54) is 29.5 Å². The lowest BCUT2D eigenvalue weighted by atomic mass is 10.2. The van der Waals surface area contributed by atoms with E-state index in [1.807, 2.05) is 41.8 Å². The highest BCUT2D eigenvalue weighted by Crippen LogP contribution is 2.30. The number of ether oxygens (including phenoxy) is 1. The summed E-state index contributed by atoms with van der Waals surface area (Å²) in [6.45, 7) is 0.0461. The van der Waals surface area contributed by atoms with Crippen LogP contribution >= 0.6 is 22.9 Å². The van der Waals surface area contributed by atoms with Crippen LogP contribution in [0.3, 0.4) is 0 Å². The zero-order valence-corrected chi connectivity index (χ0v) is 18.8. The maximum atomic E-state index is 13.3. The number of hydrogen-bond acceptors (Lipinski definition) is 5. The molecule has 0 aliphatic carbocycles. The number of rotatable bonds is 7. The first-order valence-corrected chi connectivity index (χ1v) is 11.2. The Kier molecular flexibility index (Phi) is 6.98. The third-order valence-corrected chi connectivity index (χ3v) is 5.92. The largest absolute Gasteiger partial charge is 0.482 e. The number of amides is 1. The zero-order valence-electron chi connectivity index (χ0n) is 17.2. The van der Waals surface area contributed by atoms with Crippen LogP contribution in [0, 0.1) is 17.1 Å². The van der Waals surface area contributed by atoms with Crippen LogP contribution in [0.4, 0.5) is 9.52 Å². The fourth-order valence-corrected chi connectivity index (χ4v) is 4.16. The monoisotopic (exact) mass is 477 g/mol. The summed E-state index contributed by atoms with van der Waals surface area (Å²) >= 11 is 7.48. The molecule has 4 aromatic rings. The van der Waals surface area contributed by atoms with E-state index in [0.717, 1.165) is 11.1 Å². The molecular formula is C25H17ClFN3O2S. The number of nitriles is 1. The van der Waals surface area contributed by atoms with Crippen LogP contribution in [0.15, 0.2) is 78.2 Å². The van der Waals surface area contributed by atoms with Crippen LogP contribution in [0.2, 0.25) is 5.02 Å². The molecular weight excluding hydrogens is 461 g/mol. The highest BCUT2D eigenvalue weighted by atomic mass is 35.5. The molecule has 1 aromatic heterocycles. The molecule has 0 N–H and O–H groups in total. The molecule has 8 heteroatoms. The van der Waals surface area contributed by atoms with Crippen LogP contribution in [0.25, 0.3) is 11.3 Å². The molecule has 0 fully saturated rings. The Morgan fingerprint density at radius 3 is 2.58 bits per heavy atom. The molecule has 0 aliphatic rings. The van der Waals surface area contributed by atoms with E-state index in [-0.39, 0.29) is 23.4 Å². The molecule has 1 heterocycles. The minimum absolute atomic E-state index is 0.254. The molecule has 0 atom stereocenters. The van der Waals surface area contributed by atoms with Gasteiger partial charge in [-0.2, -0.15) is 5.26 Å². The fourth-order valence-electron chi connectivity index (χ4n) is 3.07. The van der Waals surface area contributed by atoms with Crippen molar-refractivity contribution < 1.29 is 13.9 Å². The van der Waals surface area contributed by atoms with Crippen molar-refractivity contribution in [2.24, 2.45) is 0 Å². The molecule has 0 unspecified atom stereocenters. The Morgan fingerprint density at radius 2 is 1.88 bits per heavy atom. The van der Waals surface area contributed by atoms with Gasteiger partial charge < -0.3 is 4.74 Å². The Bertz CT molecular complexity index is 1300. The predicted molar refractivity (Wildman–Crippen MR) is 127 cm³/mol. The van der Waals surface area contributed by atoms with Gasteiger partial charge in [0.25, 0.3) is 5.91 Å². The maximum absolute atomic E-state index is 13.3. The molecule has 0 aliphatic heterocycles. The minimum atomic E-state index is -0.325. The minimum Gasteiger partial charge on any atom is -0.482 e. The Hall–Kier alpha value is -3.73. The van der Waals surface area contributed by atoms with E-state index < -0.39 is 0 Å². The summed E-state index contributed by atoms with van der Waals surface area (Å²) in [4.78, 5) is 19.3. The van der Waals surface area contributed by atoms with Gasteiger partial charge in [-0.05, 0) is 48.0 Å². The van der Waals surface area contributed by atoms with Gasteiger partial charge in [-0.25, -0.2) is 9.37 Å². The van der Waals surface area contributed by atoms with Crippen molar-refractivity contribution >= 4 is 34.0 Å². The Labute approximate surface area is 199 Å². The van der Waals surface area contributed by atoms with Gasteiger partial charge in [0, 0.05) is 10.9 Å². The number of nitrogens with zero attached hydrogens (tertiary/aromatic N) is 3. The highest BCUT2D eigenvalue weighted by molar-refractivity contribution is 7.14. The number of anilines is 1. The van der Waals surface area contributed by atoms with Gasteiger partial charge in [0.15, 0.2) is 11.7 Å². The quantitative estimate of drug-likeness (QED) is 0.323. The topological polar surface area (TPSA) is 66.2 Å². The summed E-state index contributed by atoms with van der Waals surface area (Å²) in [7, 11) is 0. The van der Waals surface area contributed by atoms with Gasteiger partial charge >= 0.3 is 0 Å². The van der Waals surface area contributed by atoms with Crippen LogP contribution < -0.4 is 9.64 Å². The zero-order chi connectivity index (χ0) is 23.2. The van der Waals surface area contributed by atoms with Gasteiger partial charge in [0.05, 0.1) is 28.9 Å². The molecule has 0 saturated carbocycles. The summed E-state index contributed by atoms with van der Waals surface area (Å²) in [5.41, 5.74) is 2.74. The number of thiazole rings is 1. The van der Waals surface area contributed by atoms with Crippen molar-refractivity contribution in [2.45, 2.75) is 6.54 Å². The molecule has 0 bridgehead atoms. The summed E-state index contributed by atoms with van der Waals surface area (Å²) in [5, 5.41) is 11.6. The molecule has 4 rings (SSSR count). The second kappa shape index (κ2) is 10.3. The normalized spacial score (nSPS) is 10.5. The smallest absolute Gasteiger partial charge is 0.267 e. The van der Waals surface area contributed by atoms with Gasteiger partial charge in [0.1, 0.15) is 11.6 Å². The van der Waals surface area contributed by atoms with Crippen LogP contribution in [0.5, 0.6) is 5.75 Å². The lowest BCUT2D eigenvalue weighted by Crippen LogP contribution is -2.34. The third-order valence-electron chi connectivity index (χ3n) is 4.76. The number of halogens is 2. The number of benzene rings is 3. The van der Waals surface area contributed by atoms with E-state index in [9.17, 15) is 9.18 Å². The first-order valence-electron chi connectivity index (χ1n) is 9.91. The second-order valence-electron chi connectivity index (χ2n) is 7.03. The molecule has 33 heavy (non-hydrogen) atoms. The summed E-state index contributed by atoms with van der Waals surface area (Å²) < 4.78 is 18.9. The Balaban J connectivity index is 1.56. The van der Waals surface area contributed by atoms with Gasteiger partial charge in [-0.3, -0.25) is 9.69 Å². The summed E-state index contributed by atoms with van der Waals surface area (Å²) in [5.74, 6) is -0.317. The average molecular weight is 478 g/mol. The maximum Gasteiger partial charge on any atom is 0.267 e. The van der Waals surface area contributed by atoms with E-state index in [4.69, 9.17) is 21.6 Å². The number of carbonyl (C=O) groups excluding carboxylic acids is 1. The third kappa shape index (κ3) is 5.55. The van der Waals surface area contributed by atoms with Crippen molar-refractivity contribution in [3.63, 3.8) is 0 Å². The van der Waals surface area contributed by atoms with Crippen LogP contribution in [-0.4, -0.2) is 17.5 Å². The molecule has 5 nitrogen and oxygen atoms in total. The van der Waals surface area contributed by atoms with Crippen molar-refractivity contribution in [2.75, 3.05) is 11.5 Å². The van der Waals surface area contributed by atoms with Gasteiger partial charge in [0.2, 0.25) is 0 Å². The second-order valence-corrected chi connectivity index (χ2v) is 8.28. The van der Waals surface area contributed by atoms with E-state index in [2.05, 4.69) is 4.98 Å². The van der Waals surface area contributed by atoms with Crippen molar-refractivity contribution in [1.82, 2.24) is 4.98 Å². The van der Waals surface area contributed by atoms with Crippen molar-refractivity contribution in [3.05, 3.63) is 100 Å². The number of aromatic nitrogens is 1. The SMILES string of the molecule is N#Cc1ccc(OCC(=O)N(Cc2ccccc2)c2nc(-c3ccc(F)cc3)cs2)c(Cl)c1. The van der Waals surface area contributed by atoms with Crippen molar-refractivity contribution in [1.29, 1.82) is 5.26 Å². The molecule has 0 radical (unpaired) electrons. The van der Waals surface area contributed by atoms with Gasteiger partial charge in [-0.15, -0.1) is 11.3 Å². The van der Waals surface area contributed by atoms with Crippen molar-refractivity contribution in [3.8, 4) is 23.1 Å². The van der Waals surface area contributed by atoms with E-state index in [0.29, 0.717) is 28.7 Å². The molecule has 1 amide bonds. The fraction of sp³-hybridized carbons (Fsp3) is 0.0800. The number of carbonyl (C=O) groups is 1. The average Bonchev–Trinajstić information content (AvgIpc) is 3.32. The molecule has 164 valence electrons. The first-order chi connectivity index (χ1) is 16.0. The molecule has 0 spiro atoms. The van der Waals surface area contributed by atoms with E-state index >= 15 is 0 Å². The van der Waals surface area contributed by atoms with Crippen LogP contribution in [0.1, 0.15) is 11.1 Å². The highest BCUT2D eigenvalue weighted by Gasteiger charge is 2.21. The molecule has 3 aromatic carbocycles. The summed E-state index contributed by atoms with van der Waals surface area (Å²) in [6, 6.07) is 22.2. The summed E-state index contributed by atoms with van der Waals surface area (Å²) in [6.07, 6.45) is 0. The Morgan fingerprint density at radius 1 is 1.12 bits per heavy atom. The molecule has 0 saturated heterocycles. The lowest BCUT2D eigenvalue weighted by Gasteiger charge is -2.20. The predicted octanol–water partition coefficient (Wildman–Crippen LogP) is 6.09. The first kappa shape index (κ1) is 22.5. The standard InChI is InChI=1S/C25H17ClFN3O2S/c26-21-12-18(13-28)6-11-23(21)32-15-24(31)30(14-17-4-2-1-3-5-17)25-29-22(16-33-25)19-7-9-20(27)10-8-19/h1-12,16H,14-15H2. The lowest BCUT2D eigenvalue weighted by molar-refractivity contribution is -0.120. The van der Waals surface area contributed by atoms with Crippen LogP contribution in [-0.2, 0) is 11.3 Å². The number of hydrogen-bond donors (Lipinski definition) is 0.